The first-order valence-corrected chi connectivity index (χ1v) is 7.35. The van der Waals surface area contributed by atoms with Crippen molar-refractivity contribution >= 4 is 12.3 Å². The van der Waals surface area contributed by atoms with Crippen molar-refractivity contribution in [3.05, 3.63) is 41.0 Å². The van der Waals surface area contributed by atoms with Gasteiger partial charge in [0.25, 0.3) is 6.85 Å². The van der Waals surface area contributed by atoms with Gasteiger partial charge < -0.3 is 4.81 Å². The van der Waals surface area contributed by atoms with E-state index in [4.69, 9.17) is 0 Å². The van der Waals surface area contributed by atoms with E-state index < -0.39 is 0 Å². The Labute approximate surface area is 117 Å². The molecule has 0 amide bonds. The SMILES string of the molecule is Cc1cc(C)c(B2C3C=CC3N2C(C)(C)C)c(C)c1. The van der Waals surface area contributed by atoms with Crippen LogP contribution in [0.3, 0.4) is 0 Å². The van der Waals surface area contributed by atoms with Crippen LogP contribution >= 0.6 is 0 Å². The zero-order valence-electron chi connectivity index (χ0n) is 13.0. The number of aryl methyl sites for hydroxylation is 3. The predicted molar refractivity (Wildman–Crippen MR) is 84.3 cm³/mol. The van der Waals surface area contributed by atoms with Gasteiger partial charge >= 0.3 is 0 Å². The van der Waals surface area contributed by atoms with Crippen LogP contribution in [-0.4, -0.2) is 23.2 Å². The van der Waals surface area contributed by atoms with Crippen molar-refractivity contribution in [1.29, 1.82) is 0 Å². The Bertz CT molecular complexity index is 530. The molecule has 100 valence electrons. The van der Waals surface area contributed by atoms with Crippen molar-refractivity contribution in [1.82, 2.24) is 4.81 Å². The van der Waals surface area contributed by atoms with Crippen LogP contribution in [0.4, 0.5) is 0 Å². The van der Waals surface area contributed by atoms with Crippen LogP contribution < -0.4 is 5.46 Å². The molecule has 1 aliphatic heterocycles. The lowest BCUT2D eigenvalue weighted by molar-refractivity contribution is 0.157. The molecule has 0 spiro atoms. The van der Waals surface area contributed by atoms with Gasteiger partial charge in [-0.3, -0.25) is 0 Å². The molecule has 19 heavy (non-hydrogen) atoms. The number of benzene rings is 1. The highest BCUT2D eigenvalue weighted by atomic mass is 15.2. The van der Waals surface area contributed by atoms with Crippen LogP contribution in [0.1, 0.15) is 37.5 Å². The molecule has 2 aliphatic rings. The molecular weight excluding hydrogens is 229 g/mol. The van der Waals surface area contributed by atoms with Crippen LogP contribution in [0, 0.1) is 20.8 Å². The van der Waals surface area contributed by atoms with Crippen LogP contribution in [-0.2, 0) is 0 Å². The number of rotatable bonds is 1. The van der Waals surface area contributed by atoms with E-state index in [1.54, 1.807) is 5.46 Å². The molecule has 0 aromatic heterocycles. The molecule has 2 unspecified atom stereocenters. The predicted octanol–water partition coefficient (Wildman–Crippen LogP) is 3.23. The summed E-state index contributed by atoms with van der Waals surface area (Å²) in [6, 6.07) is 5.34. The van der Waals surface area contributed by atoms with Gasteiger partial charge in [-0.15, -0.1) is 0 Å². The molecule has 1 aromatic rings. The van der Waals surface area contributed by atoms with Gasteiger partial charge in [0.2, 0.25) is 0 Å². The highest BCUT2D eigenvalue weighted by Crippen LogP contribution is 2.47. The monoisotopic (exact) mass is 253 g/mol. The molecule has 0 radical (unpaired) electrons. The standard InChI is InChI=1S/C17H24BN/c1-11-9-12(2)16(13(3)10-11)18-14-7-8-15(14)19(18)17(4,5)6/h7-10,14-15H,1-6H3. The van der Waals surface area contributed by atoms with Crippen molar-refractivity contribution < 1.29 is 0 Å². The smallest absolute Gasteiger partial charge is 0.268 e. The van der Waals surface area contributed by atoms with Crippen LogP contribution in [0.5, 0.6) is 0 Å². The zero-order chi connectivity index (χ0) is 13.9. The molecule has 1 saturated heterocycles. The summed E-state index contributed by atoms with van der Waals surface area (Å²) in [5.41, 5.74) is 6.08. The van der Waals surface area contributed by atoms with Crippen molar-refractivity contribution in [2.45, 2.75) is 58.9 Å². The van der Waals surface area contributed by atoms with Gasteiger partial charge in [-0.1, -0.05) is 46.4 Å². The summed E-state index contributed by atoms with van der Waals surface area (Å²) in [5, 5.41) is 0. The Morgan fingerprint density at radius 2 is 1.58 bits per heavy atom. The van der Waals surface area contributed by atoms with E-state index in [0.717, 1.165) is 5.82 Å². The van der Waals surface area contributed by atoms with Gasteiger partial charge in [0.05, 0.1) is 0 Å². The van der Waals surface area contributed by atoms with Crippen molar-refractivity contribution in [3.8, 4) is 0 Å². The maximum atomic E-state index is 2.68. The summed E-state index contributed by atoms with van der Waals surface area (Å²) >= 11 is 0. The largest absolute Gasteiger partial charge is 0.327 e. The van der Waals surface area contributed by atoms with Gasteiger partial charge in [0.15, 0.2) is 0 Å². The minimum atomic E-state index is 0.236. The van der Waals surface area contributed by atoms with Gasteiger partial charge in [-0.25, -0.2) is 0 Å². The Morgan fingerprint density at radius 3 is 2.00 bits per heavy atom. The van der Waals surface area contributed by atoms with E-state index in [0.29, 0.717) is 12.9 Å². The van der Waals surface area contributed by atoms with Gasteiger partial charge in [-0.05, 0) is 47.4 Å². The molecule has 2 atom stereocenters. The van der Waals surface area contributed by atoms with Crippen LogP contribution in [0.25, 0.3) is 0 Å². The topological polar surface area (TPSA) is 3.24 Å². The molecule has 1 nitrogen and oxygen atoms in total. The van der Waals surface area contributed by atoms with Crippen LogP contribution in [0.15, 0.2) is 24.3 Å². The molecule has 0 N–H and O–H groups in total. The molecule has 1 aliphatic carbocycles. The average Bonchev–Trinajstić information content (AvgIpc) is 2.20. The number of hydrogen-bond acceptors (Lipinski definition) is 1. The number of hydrogen-bond donors (Lipinski definition) is 0. The van der Waals surface area contributed by atoms with Gasteiger partial charge in [0, 0.05) is 11.6 Å². The first kappa shape index (κ1) is 13.0. The van der Waals surface area contributed by atoms with Crippen molar-refractivity contribution in [3.63, 3.8) is 0 Å². The summed E-state index contributed by atoms with van der Waals surface area (Å²) < 4.78 is 0. The molecule has 0 saturated carbocycles. The first-order valence-electron chi connectivity index (χ1n) is 7.35. The van der Waals surface area contributed by atoms with E-state index in [1.165, 1.54) is 16.7 Å². The maximum Gasteiger partial charge on any atom is 0.268 e. The van der Waals surface area contributed by atoms with E-state index in [2.05, 4.69) is 70.6 Å². The maximum absolute atomic E-state index is 2.68. The van der Waals surface area contributed by atoms with E-state index in [1.807, 2.05) is 0 Å². The third-order valence-electron chi connectivity index (χ3n) is 4.72. The van der Waals surface area contributed by atoms with Gasteiger partial charge in [-0.2, -0.15) is 0 Å². The summed E-state index contributed by atoms with van der Waals surface area (Å²) in [7, 11) is 0. The second-order valence-electron chi connectivity index (χ2n) is 7.29. The average molecular weight is 253 g/mol. The summed E-state index contributed by atoms with van der Waals surface area (Å²) in [4.78, 5) is 2.68. The summed E-state index contributed by atoms with van der Waals surface area (Å²) in [6.45, 7) is 14.3. The Hall–Kier alpha value is -1.02. The highest BCUT2D eigenvalue weighted by Gasteiger charge is 2.57. The lowest BCUT2D eigenvalue weighted by Crippen LogP contribution is -2.76. The highest BCUT2D eigenvalue weighted by molar-refractivity contribution is 6.77. The molecule has 2 heteroatoms. The molecule has 1 heterocycles. The molecular formula is C17H24BN. The lowest BCUT2D eigenvalue weighted by atomic mass is 9.31. The minimum Gasteiger partial charge on any atom is -0.327 e. The molecule has 1 fully saturated rings. The fourth-order valence-corrected chi connectivity index (χ4v) is 4.03. The van der Waals surface area contributed by atoms with E-state index >= 15 is 0 Å². The molecule has 1 aromatic carbocycles. The fourth-order valence-electron chi connectivity index (χ4n) is 4.03. The summed E-state index contributed by atoms with van der Waals surface area (Å²) in [6.07, 6.45) is 4.77. The van der Waals surface area contributed by atoms with Crippen LogP contribution in [0.2, 0.25) is 5.82 Å². The fraction of sp³-hybridized carbons (Fsp3) is 0.529. The number of nitrogens with zero attached hydrogens (tertiary/aromatic N) is 1. The van der Waals surface area contributed by atoms with E-state index in [9.17, 15) is 0 Å². The second-order valence-corrected chi connectivity index (χ2v) is 7.29. The molecule has 0 bridgehead atoms. The Balaban J connectivity index is 2.05. The quantitative estimate of drug-likeness (QED) is 0.548. The number of fused-ring (bicyclic) bond motifs is 1. The third-order valence-corrected chi connectivity index (χ3v) is 4.72. The first-order chi connectivity index (χ1) is 8.80. The normalized spacial score (nSPS) is 25.9. The lowest BCUT2D eigenvalue weighted by Gasteiger charge is -2.62. The van der Waals surface area contributed by atoms with Crippen molar-refractivity contribution in [2.75, 3.05) is 0 Å². The molecule has 3 rings (SSSR count). The third kappa shape index (κ3) is 1.80. The second kappa shape index (κ2) is 3.99. The van der Waals surface area contributed by atoms with E-state index in [-0.39, 0.29) is 5.54 Å². The van der Waals surface area contributed by atoms with Crippen molar-refractivity contribution in [2.24, 2.45) is 0 Å². The Kier molecular flexibility index (Phi) is 2.73. The minimum absolute atomic E-state index is 0.236. The summed E-state index contributed by atoms with van der Waals surface area (Å²) in [5.74, 6) is 0.735. The van der Waals surface area contributed by atoms with Gasteiger partial charge in [0.1, 0.15) is 0 Å². The Morgan fingerprint density at radius 1 is 1.00 bits per heavy atom. The zero-order valence-corrected chi connectivity index (χ0v) is 13.0.